The van der Waals surface area contributed by atoms with E-state index in [-0.39, 0.29) is 5.91 Å². The molecule has 0 spiro atoms. The quantitative estimate of drug-likeness (QED) is 0.741. The summed E-state index contributed by atoms with van der Waals surface area (Å²) in [5, 5.41) is 3.00. The molecule has 0 bridgehead atoms. The van der Waals surface area contributed by atoms with Gasteiger partial charge in [0.1, 0.15) is 5.75 Å². The fourth-order valence-electron chi connectivity index (χ4n) is 3.13. The van der Waals surface area contributed by atoms with E-state index in [0.717, 1.165) is 29.8 Å². The molecule has 2 rings (SSSR count). The first-order chi connectivity index (χ1) is 11.5. The Bertz CT molecular complexity index is 536. The normalized spacial score (nSPS) is 16.4. The van der Waals surface area contributed by atoms with Gasteiger partial charge < -0.3 is 15.0 Å². The number of nitrogens with one attached hydrogen (secondary N) is 1. The van der Waals surface area contributed by atoms with Crippen molar-refractivity contribution in [3.63, 3.8) is 0 Å². The second kappa shape index (κ2) is 9.07. The zero-order valence-electron chi connectivity index (χ0n) is 15.6. The Kier molecular flexibility index (Phi) is 7.10. The molecule has 1 atom stereocenters. The number of carbonyl (C=O) groups is 1. The van der Waals surface area contributed by atoms with Crippen LogP contribution in [-0.4, -0.2) is 43.1 Å². The van der Waals surface area contributed by atoms with Crippen LogP contribution in [0.4, 0.5) is 0 Å². The van der Waals surface area contributed by atoms with Crippen LogP contribution in [0.25, 0.3) is 0 Å². The van der Waals surface area contributed by atoms with Crippen molar-refractivity contribution in [1.29, 1.82) is 0 Å². The summed E-state index contributed by atoms with van der Waals surface area (Å²) in [6, 6.07) is 6.20. The fourth-order valence-corrected chi connectivity index (χ4v) is 3.13. The molecule has 1 aliphatic heterocycles. The number of amides is 1. The minimum atomic E-state index is -0.476. The summed E-state index contributed by atoms with van der Waals surface area (Å²) in [5.74, 6) is 1.16. The summed E-state index contributed by atoms with van der Waals surface area (Å²) >= 11 is 0. The minimum absolute atomic E-state index is 0.0346. The largest absolute Gasteiger partial charge is 0.481 e. The first-order valence-corrected chi connectivity index (χ1v) is 9.24. The van der Waals surface area contributed by atoms with E-state index in [1.54, 1.807) is 0 Å². The monoisotopic (exact) mass is 332 g/mol. The number of carbonyl (C=O) groups excluding carboxylic acids is 1. The third-order valence-electron chi connectivity index (χ3n) is 4.61. The minimum Gasteiger partial charge on any atom is -0.481 e. The molecule has 0 saturated carbocycles. The van der Waals surface area contributed by atoms with Gasteiger partial charge in [0.2, 0.25) is 0 Å². The third-order valence-corrected chi connectivity index (χ3v) is 4.61. The molecular weight excluding hydrogens is 300 g/mol. The lowest BCUT2D eigenvalue weighted by Gasteiger charge is -2.20. The lowest BCUT2D eigenvalue weighted by Crippen LogP contribution is -2.38. The van der Waals surface area contributed by atoms with Crippen molar-refractivity contribution >= 4 is 5.91 Å². The van der Waals surface area contributed by atoms with Gasteiger partial charge in [0, 0.05) is 6.54 Å². The van der Waals surface area contributed by atoms with Gasteiger partial charge in [0.05, 0.1) is 0 Å². The molecule has 1 fully saturated rings. The average Bonchev–Trinajstić information content (AvgIpc) is 3.04. The molecule has 24 heavy (non-hydrogen) atoms. The highest BCUT2D eigenvalue weighted by molar-refractivity contribution is 5.80. The van der Waals surface area contributed by atoms with Gasteiger partial charge in [-0.2, -0.15) is 0 Å². The molecule has 4 nitrogen and oxygen atoms in total. The van der Waals surface area contributed by atoms with Crippen LogP contribution in [-0.2, 0) is 4.79 Å². The molecule has 0 radical (unpaired) electrons. The fraction of sp³-hybridized carbons (Fsp3) is 0.650. The van der Waals surface area contributed by atoms with E-state index in [1.165, 1.54) is 25.9 Å². The smallest absolute Gasteiger partial charge is 0.260 e. The molecule has 1 aliphatic rings. The second-order valence-corrected chi connectivity index (χ2v) is 7.15. The standard InChI is InChI=1S/C20H32N2O2/c1-15(2)18-9-8-16(3)14-19(18)24-17(4)20(23)21-10-7-13-22-11-5-6-12-22/h8-9,14-15,17H,5-7,10-13H2,1-4H3,(H,21,23)/t17-/m1/s1. The van der Waals surface area contributed by atoms with E-state index in [0.29, 0.717) is 12.5 Å². The van der Waals surface area contributed by atoms with Crippen molar-refractivity contribution in [1.82, 2.24) is 10.2 Å². The summed E-state index contributed by atoms with van der Waals surface area (Å²) in [4.78, 5) is 14.7. The number of nitrogens with zero attached hydrogens (tertiary/aromatic N) is 1. The molecule has 1 N–H and O–H groups in total. The highest BCUT2D eigenvalue weighted by atomic mass is 16.5. The topological polar surface area (TPSA) is 41.6 Å². The number of ether oxygens (including phenoxy) is 1. The molecule has 4 heteroatoms. The Balaban J connectivity index is 1.79. The highest BCUT2D eigenvalue weighted by Crippen LogP contribution is 2.28. The maximum absolute atomic E-state index is 12.3. The van der Waals surface area contributed by atoms with Gasteiger partial charge in [-0.25, -0.2) is 0 Å². The van der Waals surface area contributed by atoms with E-state index in [1.807, 2.05) is 19.9 Å². The van der Waals surface area contributed by atoms with Gasteiger partial charge in [0.25, 0.3) is 5.91 Å². The van der Waals surface area contributed by atoms with Crippen LogP contribution in [0, 0.1) is 6.92 Å². The number of hydrogen-bond donors (Lipinski definition) is 1. The summed E-state index contributed by atoms with van der Waals surface area (Å²) in [5.41, 5.74) is 2.29. The number of aryl methyl sites for hydroxylation is 1. The lowest BCUT2D eigenvalue weighted by atomic mass is 10.0. The van der Waals surface area contributed by atoms with Crippen molar-refractivity contribution in [2.24, 2.45) is 0 Å². The zero-order chi connectivity index (χ0) is 17.5. The summed E-state index contributed by atoms with van der Waals surface area (Å²) in [6.45, 7) is 12.3. The first kappa shape index (κ1) is 18.8. The molecule has 0 aromatic heterocycles. The van der Waals surface area contributed by atoms with E-state index in [9.17, 15) is 4.79 Å². The van der Waals surface area contributed by atoms with Gasteiger partial charge in [-0.05, 0) is 75.9 Å². The Morgan fingerprint density at radius 3 is 2.62 bits per heavy atom. The molecule has 0 unspecified atom stereocenters. The van der Waals surface area contributed by atoms with Crippen molar-refractivity contribution in [2.75, 3.05) is 26.2 Å². The lowest BCUT2D eigenvalue weighted by molar-refractivity contribution is -0.127. The number of hydrogen-bond acceptors (Lipinski definition) is 3. The van der Waals surface area contributed by atoms with E-state index in [2.05, 4.69) is 36.2 Å². The van der Waals surface area contributed by atoms with Crippen LogP contribution in [0.15, 0.2) is 18.2 Å². The van der Waals surface area contributed by atoms with Crippen molar-refractivity contribution in [3.8, 4) is 5.75 Å². The van der Waals surface area contributed by atoms with Crippen molar-refractivity contribution < 1.29 is 9.53 Å². The molecule has 1 saturated heterocycles. The predicted molar refractivity (Wildman–Crippen MR) is 98.7 cm³/mol. The first-order valence-electron chi connectivity index (χ1n) is 9.24. The van der Waals surface area contributed by atoms with Crippen LogP contribution >= 0.6 is 0 Å². The maximum Gasteiger partial charge on any atom is 0.260 e. The van der Waals surface area contributed by atoms with Gasteiger partial charge in [0.15, 0.2) is 6.10 Å². The molecule has 1 aromatic carbocycles. The molecular formula is C20H32N2O2. The number of likely N-dealkylation sites (tertiary alicyclic amines) is 1. The molecule has 1 heterocycles. The Morgan fingerprint density at radius 1 is 1.25 bits per heavy atom. The highest BCUT2D eigenvalue weighted by Gasteiger charge is 2.17. The van der Waals surface area contributed by atoms with Crippen molar-refractivity contribution in [3.05, 3.63) is 29.3 Å². The molecule has 1 aromatic rings. The molecule has 1 amide bonds. The second-order valence-electron chi connectivity index (χ2n) is 7.15. The van der Waals surface area contributed by atoms with Gasteiger partial charge in [-0.15, -0.1) is 0 Å². The average molecular weight is 332 g/mol. The van der Waals surface area contributed by atoms with E-state index >= 15 is 0 Å². The van der Waals surface area contributed by atoms with E-state index < -0.39 is 6.10 Å². The Hall–Kier alpha value is -1.55. The summed E-state index contributed by atoms with van der Waals surface area (Å²) in [7, 11) is 0. The van der Waals surface area contributed by atoms with Crippen LogP contribution in [0.1, 0.15) is 57.1 Å². The molecule has 134 valence electrons. The van der Waals surface area contributed by atoms with Gasteiger partial charge in [-0.3, -0.25) is 4.79 Å². The number of rotatable bonds is 8. The molecule has 0 aliphatic carbocycles. The zero-order valence-corrected chi connectivity index (χ0v) is 15.6. The predicted octanol–water partition coefficient (Wildman–Crippen LogP) is 3.49. The third kappa shape index (κ3) is 5.52. The number of benzene rings is 1. The maximum atomic E-state index is 12.3. The summed E-state index contributed by atoms with van der Waals surface area (Å²) < 4.78 is 5.96. The van der Waals surface area contributed by atoms with Crippen LogP contribution in [0.5, 0.6) is 5.75 Å². The van der Waals surface area contributed by atoms with Crippen LogP contribution < -0.4 is 10.1 Å². The Labute approximate surface area is 146 Å². The van der Waals surface area contributed by atoms with Gasteiger partial charge in [-0.1, -0.05) is 26.0 Å². The summed E-state index contributed by atoms with van der Waals surface area (Å²) in [6.07, 6.45) is 3.15. The Morgan fingerprint density at radius 2 is 1.96 bits per heavy atom. The van der Waals surface area contributed by atoms with Crippen molar-refractivity contribution in [2.45, 2.75) is 59.0 Å². The van der Waals surface area contributed by atoms with Gasteiger partial charge >= 0.3 is 0 Å². The van der Waals surface area contributed by atoms with E-state index in [4.69, 9.17) is 4.74 Å². The SMILES string of the molecule is Cc1ccc(C(C)C)c(O[C@H](C)C(=O)NCCCN2CCCC2)c1. The van der Waals surface area contributed by atoms with Crippen LogP contribution in [0.2, 0.25) is 0 Å². The van der Waals surface area contributed by atoms with Crippen LogP contribution in [0.3, 0.4) is 0 Å².